The molecule has 1 amide bonds. The second-order valence-corrected chi connectivity index (χ2v) is 4.05. The van der Waals surface area contributed by atoms with Crippen LogP contribution in [0.4, 0.5) is 0 Å². The highest BCUT2D eigenvalue weighted by atomic mass is 16.3. The van der Waals surface area contributed by atoms with E-state index in [1.807, 2.05) is 17.0 Å². The molecule has 1 saturated heterocycles. The largest absolute Gasteiger partial charge is 0.469 e. The Bertz CT molecular complexity index is 297. The van der Waals surface area contributed by atoms with Gasteiger partial charge < -0.3 is 9.32 Å². The molecule has 0 saturated carbocycles. The minimum absolute atomic E-state index is 0.201. The predicted molar refractivity (Wildman–Crippen MR) is 57.5 cm³/mol. The fourth-order valence-corrected chi connectivity index (χ4v) is 1.99. The zero-order valence-electron chi connectivity index (χ0n) is 8.95. The zero-order valence-corrected chi connectivity index (χ0v) is 8.95. The monoisotopic (exact) mass is 207 g/mol. The summed E-state index contributed by atoms with van der Waals surface area (Å²) in [5.41, 5.74) is 0. The molecule has 0 radical (unpaired) electrons. The van der Waals surface area contributed by atoms with Crippen LogP contribution in [-0.2, 0) is 11.2 Å². The van der Waals surface area contributed by atoms with Crippen molar-refractivity contribution in [1.82, 2.24) is 4.90 Å². The van der Waals surface area contributed by atoms with Crippen LogP contribution >= 0.6 is 0 Å². The number of likely N-dealkylation sites (tertiary alicyclic amines) is 1. The van der Waals surface area contributed by atoms with E-state index in [-0.39, 0.29) is 5.91 Å². The van der Waals surface area contributed by atoms with E-state index in [1.54, 1.807) is 6.26 Å². The van der Waals surface area contributed by atoms with Gasteiger partial charge in [-0.25, -0.2) is 0 Å². The number of nitrogens with zero attached hydrogens (tertiary/aromatic N) is 1. The molecule has 0 aromatic carbocycles. The molecule has 82 valence electrons. The normalized spacial score (nSPS) is 17.5. The van der Waals surface area contributed by atoms with Crippen molar-refractivity contribution in [2.24, 2.45) is 0 Å². The van der Waals surface area contributed by atoms with E-state index in [0.29, 0.717) is 6.42 Å². The standard InChI is InChI=1S/C12H17NO2/c14-12(10-11-6-5-9-15-11)13-7-3-1-2-4-8-13/h5-6,9H,1-4,7-8,10H2. The molecule has 1 aromatic rings. The number of carbonyl (C=O) groups excluding carboxylic acids is 1. The summed E-state index contributed by atoms with van der Waals surface area (Å²) in [6.07, 6.45) is 6.82. The lowest BCUT2D eigenvalue weighted by Gasteiger charge is -2.19. The number of hydrogen-bond acceptors (Lipinski definition) is 2. The van der Waals surface area contributed by atoms with Crippen molar-refractivity contribution in [2.45, 2.75) is 32.1 Å². The first-order chi connectivity index (χ1) is 7.36. The average molecular weight is 207 g/mol. The van der Waals surface area contributed by atoms with Crippen LogP contribution < -0.4 is 0 Å². The minimum atomic E-state index is 0.201. The Morgan fingerprint density at radius 3 is 2.60 bits per heavy atom. The second kappa shape index (κ2) is 5.01. The fourth-order valence-electron chi connectivity index (χ4n) is 1.99. The quantitative estimate of drug-likeness (QED) is 0.745. The Kier molecular flexibility index (Phi) is 3.43. The van der Waals surface area contributed by atoms with Gasteiger partial charge in [0.05, 0.1) is 12.7 Å². The van der Waals surface area contributed by atoms with Crippen molar-refractivity contribution in [2.75, 3.05) is 13.1 Å². The summed E-state index contributed by atoms with van der Waals surface area (Å²) in [4.78, 5) is 13.9. The van der Waals surface area contributed by atoms with E-state index in [1.165, 1.54) is 12.8 Å². The number of hydrogen-bond donors (Lipinski definition) is 0. The van der Waals surface area contributed by atoms with Crippen molar-refractivity contribution in [1.29, 1.82) is 0 Å². The number of carbonyl (C=O) groups is 1. The van der Waals surface area contributed by atoms with Gasteiger partial charge >= 0.3 is 0 Å². The van der Waals surface area contributed by atoms with Crippen molar-refractivity contribution in [3.05, 3.63) is 24.2 Å². The first-order valence-electron chi connectivity index (χ1n) is 5.66. The molecule has 0 spiro atoms. The van der Waals surface area contributed by atoms with Gasteiger partial charge in [0.1, 0.15) is 5.76 Å². The molecule has 2 rings (SSSR count). The number of amides is 1. The van der Waals surface area contributed by atoms with Gasteiger partial charge in [-0.05, 0) is 25.0 Å². The van der Waals surface area contributed by atoms with Crippen LogP contribution in [0.1, 0.15) is 31.4 Å². The molecule has 15 heavy (non-hydrogen) atoms. The number of rotatable bonds is 2. The van der Waals surface area contributed by atoms with Gasteiger partial charge in [0.2, 0.25) is 5.91 Å². The van der Waals surface area contributed by atoms with Crippen LogP contribution in [-0.4, -0.2) is 23.9 Å². The van der Waals surface area contributed by atoms with Crippen LogP contribution in [0.3, 0.4) is 0 Å². The molecule has 0 aliphatic carbocycles. The maximum Gasteiger partial charge on any atom is 0.230 e. The van der Waals surface area contributed by atoms with Gasteiger partial charge in [-0.1, -0.05) is 12.8 Å². The van der Waals surface area contributed by atoms with Crippen LogP contribution in [0.2, 0.25) is 0 Å². The van der Waals surface area contributed by atoms with E-state index < -0.39 is 0 Å². The predicted octanol–water partition coefficient (Wildman–Crippen LogP) is 2.22. The van der Waals surface area contributed by atoms with Gasteiger partial charge in [0, 0.05) is 13.1 Å². The third-order valence-electron chi connectivity index (χ3n) is 2.86. The highest BCUT2D eigenvalue weighted by molar-refractivity contribution is 5.78. The molecule has 1 aromatic heterocycles. The topological polar surface area (TPSA) is 33.5 Å². The van der Waals surface area contributed by atoms with Crippen LogP contribution in [0.5, 0.6) is 0 Å². The Hall–Kier alpha value is -1.25. The first kappa shape index (κ1) is 10.3. The Labute approximate surface area is 90.1 Å². The van der Waals surface area contributed by atoms with Gasteiger partial charge in [0.15, 0.2) is 0 Å². The summed E-state index contributed by atoms with van der Waals surface area (Å²) in [5, 5.41) is 0. The van der Waals surface area contributed by atoms with Crippen LogP contribution in [0.15, 0.2) is 22.8 Å². The molecule has 0 atom stereocenters. The molecule has 1 aliphatic heterocycles. The third-order valence-corrected chi connectivity index (χ3v) is 2.86. The summed E-state index contributed by atoms with van der Waals surface area (Å²) in [7, 11) is 0. The highest BCUT2D eigenvalue weighted by Gasteiger charge is 2.16. The maximum absolute atomic E-state index is 11.9. The van der Waals surface area contributed by atoms with Gasteiger partial charge in [-0.15, -0.1) is 0 Å². The van der Waals surface area contributed by atoms with Crippen molar-refractivity contribution >= 4 is 5.91 Å². The van der Waals surface area contributed by atoms with Crippen molar-refractivity contribution in [3.63, 3.8) is 0 Å². The first-order valence-corrected chi connectivity index (χ1v) is 5.66. The molecule has 0 N–H and O–H groups in total. The van der Waals surface area contributed by atoms with E-state index in [2.05, 4.69) is 0 Å². The molecule has 0 unspecified atom stereocenters. The summed E-state index contributed by atoms with van der Waals surface area (Å²) in [6.45, 7) is 1.83. The fraction of sp³-hybridized carbons (Fsp3) is 0.583. The smallest absolute Gasteiger partial charge is 0.230 e. The SMILES string of the molecule is O=C(Cc1ccco1)N1CCCCCC1. The van der Waals surface area contributed by atoms with E-state index in [0.717, 1.165) is 31.7 Å². The van der Waals surface area contributed by atoms with Gasteiger partial charge in [-0.2, -0.15) is 0 Å². The van der Waals surface area contributed by atoms with Crippen molar-refractivity contribution < 1.29 is 9.21 Å². The van der Waals surface area contributed by atoms with Gasteiger partial charge in [0.25, 0.3) is 0 Å². The third kappa shape index (κ3) is 2.85. The maximum atomic E-state index is 11.9. The summed E-state index contributed by atoms with van der Waals surface area (Å²) in [6, 6.07) is 3.68. The summed E-state index contributed by atoms with van der Waals surface area (Å²) >= 11 is 0. The molecule has 2 heterocycles. The van der Waals surface area contributed by atoms with Gasteiger partial charge in [-0.3, -0.25) is 4.79 Å². The second-order valence-electron chi connectivity index (χ2n) is 4.05. The Morgan fingerprint density at radius 1 is 1.27 bits per heavy atom. The molecular formula is C12H17NO2. The van der Waals surface area contributed by atoms with Crippen LogP contribution in [0.25, 0.3) is 0 Å². The highest BCUT2D eigenvalue weighted by Crippen LogP contribution is 2.11. The van der Waals surface area contributed by atoms with E-state index in [9.17, 15) is 4.79 Å². The van der Waals surface area contributed by atoms with Crippen LogP contribution in [0, 0.1) is 0 Å². The molecule has 1 fully saturated rings. The molecule has 1 aliphatic rings. The lowest BCUT2D eigenvalue weighted by atomic mass is 10.2. The average Bonchev–Trinajstić information content (AvgIpc) is 2.58. The number of furan rings is 1. The lowest BCUT2D eigenvalue weighted by molar-refractivity contribution is -0.130. The Balaban J connectivity index is 1.89. The molecule has 0 bridgehead atoms. The van der Waals surface area contributed by atoms with E-state index >= 15 is 0 Å². The molecular weight excluding hydrogens is 190 g/mol. The summed E-state index contributed by atoms with van der Waals surface area (Å²) < 4.78 is 5.18. The lowest BCUT2D eigenvalue weighted by Crippen LogP contribution is -2.32. The molecule has 3 heteroatoms. The van der Waals surface area contributed by atoms with E-state index in [4.69, 9.17) is 4.42 Å². The van der Waals surface area contributed by atoms with Crippen molar-refractivity contribution in [3.8, 4) is 0 Å². The summed E-state index contributed by atoms with van der Waals surface area (Å²) in [5.74, 6) is 0.969. The Morgan fingerprint density at radius 2 is 2.00 bits per heavy atom. The zero-order chi connectivity index (χ0) is 10.5. The minimum Gasteiger partial charge on any atom is -0.469 e. The molecule has 3 nitrogen and oxygen atoms in total.